The van der Waals surface area contributed by atoms with E-state index >= 15 is 0 Å². The standard InChI is InChI=1S/C14H8Cl2FNO/c15-11-2-4-14(13(16)6-11)19-8-10-5-12(17)3-1-9(10)7-18/h1-6H,8H2. The second-order valence-electron chi connectivity index (χ2n) is 3.78. The molecular formula is C14H8Cl2FNO. The number of hydrogen-bond donors (Lipinski definition) is 0. The maximum absolute atomic E-state index is 13.1. The molecule has 0 amide bonds. The molecule has 0 saturated heterocycles. The van der Waals surface area contributed by atoms with E-state index in [9.17, 15) is 4.39 Å². The molecule has 2 aromatic rings. The van der Waals surface area contributed by atoms with Crippen molar-refractivity contribution in [1.82, 2.24) is 0 Å². The van der Waals surface area contributed by atoms with Gasteiger partial charge >= 0.3 is 0 Å². The van der Waals surface area contributed by atoms with Crippen molar-refractivity contribution in [2.45, 2.75) is 6.61 Å². The molecule has 0 aromatic heterocycles. The zero-order chi connectivity index (χ0) is 13.8. The van der Waals surface area contributed by atoms with Crippen molar-refractivity contribution >= 4 is 23.2 Å². The Kier molecular flexibility index (Phi) is 4.26. The normalized spacial score (nSPS) is 10.0. The summed E-state index contributed by atoms with van der Waals surface area (Å²) in [4.78, 5) is 0. The van der Waals surface area contributed by atoms with Crippen LogP contribution in [0.15, 0.2) is 36.4 Å². The summed E-state index contributed by atoms with van der Waals surface area (Å²) in [6.45, 7) is 0.0575. The number of benzene rings is 2. The van der Waals surface area contributed by atoms with Crippen LogP contribution in [0.25, 0.3) is 0 Å². The van der Waals surface area contributed by atoms with Crippen LogP contribution in [-0.2, 0) is 6.61 Å². The number of hydrogen-bond acceptors (Lipinski definition) is 2. The van der Waals surface area contributed by atoms with Gasteiger partial charge in [0.05, 0.1) is 16.7 Å². The molecule has 0 radical (unpaired) electrons. The average molecular weight is 296 g/mol. The van der Waals surface area contributed by atoms with Crippen LogP contribution in [-0.4, -0.2) is 0 Å². The quantitative estimate of drug-likeness (QED) is 0.830. The lowest BCUT2D eigenvalue weighted by molar-refractivity contribution is 0.305. The lowest BCUT2D eigenvalue weighted by Crippen LogP contribution is -1.99. The summed E-state index contributed by atoms with van der Waals surface area (Å²) in [7, 11) is 0. The number of nitrogens with zero attached hydrogens (tertiary/aromatic N) is 1. The maximum Gasteiger partial charge on any atom is 0.138 e. The van der Waals surface area contributed by atoms with E-state index in [-0.39, 0.29) is 6.61 Å². The van der Waals surface area contributed by atoms with Gasteiger partial charge in [-0.15, -0.1) is 0 Å². The Morgan fingerprint density at radius 1 is 1.16 bits per heavy atom. The van der Waals surface area contributed by atoms with Gasteiger partial charge in [-0.05, 0) is 36.4 Å². The minimum atomic E-state index is -0.417. The summed E-state index contributed by atoms with van der Waals surface area (Å²) >= 11 is 11.7. The minimum absolute atomic E-state index is 0.0575. The van der Waals surface area contributed by atoms with Crippen molar-refractivity contribution in [3.05, 3.63) is 63.4 Å². The minimum Gasteiger partial charge on any atom is -0.487 e. The molecule has 2 rings (SSSR count). The Morgan fingerprint density at radius 2 is 1.95 bits per heavy atom. The van der Waals surface area contributed by atoms with Crippen LogP contribution in [0.4, 0.5) is 4.39 Å². The van der Waals surface area contributed by atoms with E-state index in [1.807, 2.05) is 6.07 Å². The van der Waals surface area contributed by atoms with Gasteiger partial charge in [0, 0.05) is 10.6 Å². The molecule has 96 valence electrons. The molecule has 0 aliphatic rings. The first-order valence-corrected chi connectivity index (χ1v) is 6.12. The molecule has 0 N–H and O–H groups in total. The fourth-order valence-electron chi connectivity index (χ4n) is 1.54. The Balaban J connectivity index is 2.19. The lowest BCUT2D eigenvalue weighted by Gasteiger charge is -2.09. The highest BCUT2D eigenvalue weighted by atomic mass is 35.5. The van der Waals surface area contributed by atoms with Crippen LogP contribution in [0.5, 0.6) is 5.75 Å². The van der Waals surface area contributed by atoms with E-state index in [2.05, 4.69) is 0 Å². The molecule has 2 nitrogen and oxygen atoms in total. The third kappa shape index (κ3) is 3.37. The Labute approximate surface area is 119 Å². The molecule has 19 heavy (non-hydrogen) atoms. The molecule has 0 atom stereocenters. The van der Waals surface area contributed by atoms with E-state index in [4.69, 9.17) is 33.2 Å². The molecule has 0 unspecified atom stereocenters. The topological polar surface area (TPSA) is 33.0 Å². The van der Waals surface area contributed by atoms with Crippen molar-refractivity contribution in [1.29, 1.82) is 5.26 Å². The van der Waals surface area contributed by atoms with Crippen molar-refractivity contribution in [2.75, 3.05) is 0 Å². The monoisotopic (exact) mass is 295 g/mol. The summed E-state index contributed by atoms with van der Waals surface area (Å²) in [5.41, 5.74) is 0.833. The molecule has 0 aliphatic heterocycles. The summed E-state index contributed by atoms with van der Waals surface area (Å²) in [6.07, 6.45) is 0. The highest BCUT2D eigenvalue weighted by Crippen LogP contribution is 2.28. The summed E-state index contributed by atoms with van der Waals surface area (Å²) in [5, 5.41) is 9.79. The largest absolute Gasteiger partial charge is 0.487 e. The number of halogens is 3. The molecule has 0 bridgehead atoms. The van der Waals surface area contributed by atoms with E-state index in [1.54, 1.807) is 18.2 Å². The lowest BCUT2D eigenvalue weighted by atomic mass is 10.1. The molecule has 0 fully saturated rings. The number of ether oxygens (including phenoxy) is 1. The van der Waals surface area contributed by atoms with Crippen LogP contribution >= 0.6 is 23.2 Å². The van der Waals surface area contributed by atoms with Crippen LogP contribution < -0.4 is 4.74 Å². The first kappa shape index (κ1) is 13.7. The zero-order valence-corrected chi connectivity index (χ0v) is 11.2. The fourth-order valence-corrected chi connectivity index (χ4v) is 2.00. The Hall–Kier alpha value is -1.76. The van der Waals surface area contributed by atoms with Crippen molar-refractivity contribution in [2.24, 2.45) is 0 Å². The molecular weight excluding hydrogens is 288 g/mol. The third-order valence-electron chi connectivity index (χ3n) is 2.46. The Morgan fingerprint density at radius 3 is 2.63 bits per heavy atom. The van der Waals surface area contributed by atoms with Crippen LogP contribution in [0.2, 0.25) is 10.0 Å². The number of nitriles is 1. The molecule has 0 saturated carbocycles. The van der Waals surface area contributed by atoms with Gasteiger partial charge in [0.1, 0.15) is 18.2 Å². The first-order valence-electron chi connectivity index (χ1n) is 5.36. The second-order valence-corrected chi connectivity index (χ2v) is 4.62. The van der Waals surface area contributed by atoms with Gasteiger partial charge in [-0.1, -0.05) is 23.2 Å². The molecule has 0 spiro atoms. The van der Waals surface area contributed by atoms with E-state index in [0.717, 1.165) is 0 Å². The average Bonchev–Trinajstić information content (AvgIpc) is 2.38. The number of rotatable bonds is 3. The first-order chi connectivity index (χ1) is 9.10. The van der Waals surface area contributed by atoms with E-state index in [0.29, 0.717) is 26.9 Å². The molecule has 5 heteroatoms. The van der Waals surface area contributed by atoms with Gasteiger partial charge in [0.15, 0.2) is 0 Å². The SMILES string of the molecule is N#Cc1ccc(F)cc1COc1ccc(Cl)cc1Cl. The maximum atomic E-state index is 13.1. The van der Waals surface area contributed by atoms with Gasteiger partial charge in [-0.25, -0.2) is 4.39 Å². The summed E-state index contributed by atoms with van der Waals surface area (Å²) in [5.74, 6) is 0.0130. The molecule has 2 aromatic carbocycles. The highest BCUT2D eigenvalue weighted by Gasteiger charge is 2.07. The van der Waals surface area contributed by atoms with E-state index in [1.165, 1.54) is 18.2 Å². The highest BCUT2D eigenvalue weighted by molar-refractivity contribution is 6.35. The van der Waals surface area contributed by atoms with Crippen LogP contribution in [0, 0.1) is 17.1 Å². The summed E-state index contributed by atoms with van der Waals surface area (Å²) in [6, 6.07) is 10.7. The smallest absolute Gasteiger partial charge is 0.138 e. The molecule has 0 heterocycles. The van der Waals surface area contributed by atoms with Crippen LogP contribution in [0.3, 0.4) is 0 Å². The van der Waals surface area contributed by atoms with Crippen molar-refractivity contribution < 1.29 is 9.13 Å². The van der Waals surface area contributed by atoms with Gasteiger partial charge in [-0.3, -0.25) is 0 Å². The third-order valence-corrected chi connectivity index (χ3v) is 3.00. The van der Waals surface area contributed by atoms with Gasteiger partial charge in [0.2, 0.25) is 0 Å². The van der Waals surface area contributed by atoms with E-state index < -0.39 is 5.82 Å². The summed E-state index contributed by atoms with van der Waals surface area (Å²) < 4.78 is 18.6. The Bertz CT molecular complexity index is 652. The predicted molar refractivity (Wildman–Crippen MR) is 71.9 cm³/mol. The van der Waals surface area contributed by atoms with Gasteiger partial charge < -0.3 is 4.74 Å². The van der Waals surface area contributed by atoms with Crippen LogP contribution in [0.1, 0.15) is 11.1 Å². The van der Waals surface area contributed by atoms with Crippen molar-refractivity contribution in [3.63, 3.8) is 0 Å². The predicted octanol–water partition coefficient (Wildman–Crippen LogP) is 4.58. The fraction of sp³-hybridized carbons (Fsp3) is 0.0714. The van der Waals surface area contributed by atoms with Gasteiger partial charge in [0.25, 0.3) is 0 Å². The van der Waals surface area contributed by atoms with Gasteiger partial charge in [-0.2, -0.15) is 5.26 Å². The van der Waals surface area contributed by atoms with Crippen molar-refractivity contribution in [3.8, 4) is 11.8 Å². The second kappa shape index (κ2) is 5.92. The zero-order valence-electron chi connectivity index (χ0n) is 9.66. The molecule has 0 aliphatic carbocycles.